The van der Waals surface area contributed by atoms with Gasteiger partial charge in [-0.05, 0) is 38.1 Å². The average Bonchev–Trinajstić information content (AvgIpc) is 2.68. The Morgan fingerprint density at radius 2 is 1.93 bits per heavy atom. The van der Waals surface area contributed by atoms with E-state index in [0.29, 0.717) is 21.7 Å². The van der Waals surface area contributed by atoms with Crippen LogP contribution in [-0.4, -0.2) is 32.3 Å². The van der Waals surface area contributed by atoms with Crippen molar-refractivity contribution < 1.29 is 14.5 Å². The molecule has 0 amide bonds. The lowest BCUT2D eigenvalue weighted by Gasteiger charge is -2.15. The number of non-ortho nitro benzene ring substituents is 1. The highest BCUT2D eigenvalue weighted by molar-refractivity contribution is 8.00. The lowest BCUT2D eigenvalue weighted by molar-refractivity contribution is -0.384. The highest BCUT2D eigenvalue weighted by Crippen LogP contribution is 2.26. The number of benzene rings is 2. The number of carbonyl (C=O) groups is 1. The Morgan fingerprint density at radius 1 is 1.25 bits per heavy atom. The van der Waals surface area contributed by atoms with Gasteiger partial charge in [0.1, 0.15) is 5.25 Å². The Bertz CT molecular complexity index is 1090. The van der Waals surface area contributed by atoms with Gasteiger partial charge in [0.15, 0.2) is 5.16 Å². The fourth-order valence-electron chi connectivity index (χ4n) is 2.61. The summed E-state index contributed by atoms with van der Waals surface area (Å²) in [5.41, 5.74) is 0.522. The van der Waals surface area contributed by atoms with Gasteiger partial charge >= 0.3 is 5.97 Å². The van der Waals surface area contributed by atoms with Crippen LogP contribution in [0.15, 0.2) is 58.5 Å². The summed E-state index contributed by atoms with van der Waals surface area (Å²) in [6.45, 7) is 3.64. The third-order valence-corrected chi connectivity index (χ3v) is 5.00. The molecule has 9 heteroatoms. The van der Waals surface area contributed by atoms with Gasteiger partial charge in [0.2, 0.25) is 0 Å². The van der Waals surface area contributed by atoms with Gasteiger partial charge in [0.05, 0.1) is 28.1 Å². The molecule has 0 unspecified atom stereocenters. The third-order valence-electron chi connectivity index (χ3n) is 3.96. The molecule has 0 N–H and O–H groups in total. The number of hydrogen-bond acceptors (Lipinski definition) is 7. The van der Waals surface area contributed by atoms with E-state index < -0.39 is 16.1 Å². The van der Waals surface area contributed by atoms with E-state index >= 15 is 0 Å². The van der Waals surface area contributed by atoms with Crippen molar-refractivity contribution in [3.05, 3.63) is 69.0 Å². The number of esters is 1. The second kappa shape index (κ2) is 8.22. The molecule has 1 atom stereocenters. The number of thioether (sulfide) groups is 1. The van der Waals surface area contributed by atoms with E-state index in [1.54, 1.807) is 38.1 Å². The topological polar surface area (TPSA) is 104 Å². The largest absolute Gasteiger partial charge is 0.465 e. The molecule has 3 rings (SSSR count). The van der Waals surface area contributed by atoms with Gasteiger partial charge in [-0.2, -0.15) is 0 Å². The summed E-state index contributed by atoms with van der Waals surface area (Å²) >= 11 is 1.10. The molecule has 28 heavy (non-hydrogen) atoms. The second-order valence-electron chi connectivity index (χ2n) is 5.84. The zero-order valence-electron chi connectivity index (χ0n) is 15.2. The number of ether oxygens (including phenoxy) is 1. The van der Waals surface area contributed by atoms with Crippen LogP contribution in [0, 0.1) is 10.1 Å². The molecule has 0 saturated carbocycles. The van der Waals surface area contributed by atoms with E-state index in [0.717, 1.165) is 11.8 Å². The molecule has 3 aromatic rings. The minimum absolute atomic E-state index is 0.0837. The molecular formula is C19H17N3O5S. The first-order chi connectivity index (χ1) is 13.4. The standard InChI is InChI=1S/C19H17N3O5S/c1-3-27-18(24)12(2)28-19-20-16-7-5-4-6-15(16)17(23)21(19)13-8-10-14(11-9-13)22(25)26/h4-12H,3H2,1-2H3/t12-/m1/s1. The number of rotatable bonds is 6. The van der Waals surface area contributed by atoms with E-state index in [4.69, 9.17) is 4.74 Å². The summed E-state index contributed by atoms with van der Waals surface area (Å²) in [6, 6.07) is 12.5. The molecule has 0 bridgehead atoms. The smallest absolute Gasteiger partial charge is 0.319 e. The minimum Gasteiger partial charge on any atom is -0.465 e. The molecular weight excluding hydrogens is 382 g/mol. The van der Waals surface area contributed by atoms with Crippen molar-refractivity contribution in [2.24, 2.45) is 0 Å². The van der Waals surface area contributed by atoms with Crippen molar-refractivity contribution in [2.45, 2.75) is 24.3 Å². The fraction of sp³-hybridized carbons (Fsp3) is 0.211. The molecule has 0 radical (unpaired) electrons. The van der Waals surface area contributed by atoms with E-state index in [1.807, 2.05) is 0 Å². The molecule has 1 heterocycles. The van der Waals surface area contributed by atoms with Crippen molar-refractivity contribution in [2.75, 3.05) is 6.61 Å². The third kappa shape index (κ3) is 3.89. The highest BCUT2D eigenvalue weighted by Gasteiger charge is 2.21. The highest BCUT2D eigenvalue weighted by atomic mass is 32.2. The maximum absolute atomic E-state index is 13.1. The van der Waals surface area contributed by atoms with Gasteiger partial charge in [-0.3, -0.25) is 24.3 Å². The van der Waals surface area contributed by atoms with Crippen LogP contribution in [0.5, 0.6) is 0 Å². The number of para-hydroxylation sites is 1. The molecule has 0 aliphatic rings. The molecule has 2 aromatic carbocycles. The van der Waals surface area contributed by atoms with Gasteiger partial charge in [-0.25, -0.2) is 4.98 Å². The number of hydrogen-bond donors (Lipinski definition) is 0. The molecule has 0 fully saturated rings. The first-order valence-electron chi connectivity index (χ1n) is 8.52. The van der Waals surface area contributed by atoms with Crippen molar-refractivity contribution in [3.8, 4) is 5.69 Å². The summed E-state index contributed by atoms with van der Waals surface area (Å²) in [6.07, 6.45) is 0. The van der Waals surface area contributed by atoms with Crippen LogP contribution in [0.3, 0.4) is 0 Å². The van der Waals surface area contributed by atoms with Crippen LogP contribution in [-0.2, 0) is 9.53 Å². The van der Waals surface area contributed by atoms with Crippen LogP contribution in [0.25, 0.3) is 16.6 Å². The van der Waals surface area contributed by atoms with E-state index in [1.165, 1.54) is 28.8 Å². The van der Waals surface area contributed by atoms with Crippen LogP contribution in [0.1, 0.15) is 13.8 Å². The number of nitrogens with zero attached hydrogens (tertiary/aromatic N) is 3. The number of nitro benzene ring substituents is 1. The summed E-state index contributed by atoms with van der Waals surface area (Å²) in [4.78, 5) is 40.1. The van der Waals surface area contributed by atoms with E-state index in [-0.39, 0.29) is 17.9 Å². The average molecular weight is 399 g/mol. The zero-order chi connectivity index (χ0) is 20.3. The zero-order valence-corrected chi connectivity index (χ0v) is 16.0. The normalized spacial score (nSPS) is 11.9. The van der Waals surface area contributed by atoms with Crippen molar-refractivity contribution in [1.29, 1.82) is 0 Å². The van der Waals surface area contributed by atoms with Gasteiger partial charge in [0, 0.05) is 12.1 Å². The first kappa shape index (κ1) is 19.6. The summed E-state index contributed by atoms with van der Waals surface area (Å²) < 4.78 is 6.38. The second-order valence-corrected chi connectivity index (χ2v) is 7.15. The van der Waals surface area contributed by atoms with Gasteiger partial charge in [-0.1, -0.05) is 23.9 Å². The molecule has 0 saturated heterocycles. The predicted octanol–water partition coefficient (Wildman–Crippen LogP) is 3.34. The molecule has 8 nitrogen and oxygen atoms in total. The molecule has 0 aliphatic carbocycles. The number of nitro groups is 1. The molecule has 144 valence electrons. The van der Waals surface area contributed by atoms with Crippen molar-refractivity contribution >= 4 is 34.3 Å². The SMILES string of the molecule is CCOC(=O)[C@@H](C)Sc1nc2ccccc2c(=O)n1-c1ccc([N+](=O)[O-])cc1. The Labute approximate surface area is 164 Å². The minimum atomic E-state index is -0.586. The molecule has 0 aliphatic heterocycles. The van der Waals surface area contributed by atoms with Crippen molar-refractivity contribution in [3.63, 3.8) is 0 Å². The predicted molar refractivity (Wildman–Crippen MR) is 106 cm³/mol. The van der Waals surface area contributed by atoms with Gasteiger partial charge < -0.3 is 4.74 Å². The van der Waals surface area contributed by atoms with Gasteiger partial charge in [-0.15, -0.1) is 0 Å². The lowest BCUT2D eigenvalue weighted by Crippen LogP contribution is -2.24. The quantitative estimate of drug-likeness (QED) is 0.206. The summed E-state index contributed by atoms with van der Waals surface area (Å²) in [7, 11) is 0. The van der Waals surface area contributed by atoms with Crippen LogP contribution in [0.4, 0.5) is 5.69 Å². The van der Waals surface area contributed by atoms with Crippen LogP contribution in [0.2, 0.25) is 0 Å². The Morgan fingerprint density at radius 3 is 2.57 bits per heavy atom. The molecule has 1 aromatic heterocycles. The van der Waals surface area contributed by atoms with Crippen molar-refractivity contribution in [1.82, 2.24) is 9.55 Å². The van der Waals surface area contributed by atoms with Crippen LogP contribution < -0.4 is 5.56 Å². The summed E-state index contributed by atoms with van der Waals surface area (Å²) in [5, 5.41) is 11.0. The summed E-state index contributed by atoms with van der Waals surface area (Å²) in [5.74, 6) is -0.412. The van der Waals surface area contributed by atoms with E-state index in [2.05, 4.69) is 4.98 Å². The maximum atomic E-state index is 13.1. The monoisotopic (exact) mass is 399 g/mol. The Kier molecular flexibility index (Phi) is 5.74. The lowest BCUT2D eigenvalue weighted by atomic mass is 10.2. The molecule has 0 spiro atoms. The Balaban J connectivity index is 2.15. The number of carbonyl (C=O) groups excluding carboxylic acids is 1. The maximum Gasteiger partial charge on any atom is 0.319 e. The fourth-order valence-corrected chi connectivity index (χ4v) is 3.53. The first-order valence-corrected chi connectivity index (χ1v) is 9.40. The van der Waals surface area contributed by atoms with E-state index in [9.17, 15) is 19.7 Å². The number of aromatic nitrogens is 2. The number of fused-ring (bicyclic) bond motifs is 1. The van der Waals surface area contributed by atoms with Gasteiger partial charge in [0.25, 0.3) is 11.2 Å². The van der Waals surface area contributed by atoms with Crippen LogP contribution >= 0.6 is 11.8 Å². The Hall–Kier alpha value is -3.20.